The molecular weight excluding hydrogens is 330 g/mol. The third kappa shape index (κ3) is 4.71. The highest BCUT2D eigenvalue weighted by molar-refractivity contribution is 7.80. The molecule has 1 amide bonds. The summed E-state index contributed by atoms with van der Waals surface area (Å²) in [4.78, 5) is 15.8. The van der Waals surface area contributed by atoms with Crippen molar-refractivity contribution in [3.05, 3.63) is 45.9 Å². The maximum absolute atomic E-state index is 13.4. The largest absolute Gasteiger partial charge is 0.329 e. The number of anilines is 1. The molecule has 0 radical (unpaired) electrons. The van der Waals surface area contributed by atoms with Crippen LogP contribution < -0.4 is 16.2 Å². The molecular formula is C13H12F2N4OS2. The van der Waals surface area contributed by atoms with Gasteiger partial charge in [-0.1, -0.05) is 0 Å². The second-order valence-electron chi connectivity index (χ2n) is 4.29. The second kappa shape index (κ2) is 7.23. The average molecular weight is 342 g/mol. The van der Waals surface area contributed by atoms with Crippen molar-refractivity contribution in [3.63, 3.8) is 0 Å². The monoisotopic (exact) mass is 342 g/mol. The maximum Gasteiger partial charge on any atom is 0.244 e. The fourth-order valence-electron chi connectivity index (χ4n) is 1.57. The fourth-order valence-corrected chi connectivity index (χ4v) is 2.34. The van der Waals surface area contributed by atoms with Crippen molar-refractivity contribution in [2.45, 2.75) is 13.3 Å². The standard InChI is InChI=1S/C13H12F2N4OS2/c1-7-16-9(6-22-7)5-12(20)18-19-13(21)17-11-3-2-8(14)4-10(11)15/h2-4,6H,5H2,1H3,(H,18,20)(H2,17,19,21). The van der Waals surface area contributed by atoms with Crippen molar-refractivity contribution in [2.24, 2.45) is 0 Å². The molecule has 0 saturated heterocycles. The molecule has 0 aliphatic carbocycles. The molecule has 2 aromatic rings. The maximum atomic E-state index is 13.4. The van der Waals surface area contributed by atoms with Crippen LogP contribution in [0.25, 0.3) is 0 Å². The predicted molar refractivity (Wildman–Crippen MR) is 84.4 cm³/mol. The van der Waals surface area contributed by atoms with E-state index >= 15 is 0 Å². The van der Waals surface area contributed by atoms with Crippen LogP contribution in [0.3, 0.4) is 0 Å². The van der Waals surface area contributed by atoms with Crippen LogP contribution in [0.4, 0.5) is 14.5 Å². The quantitative estimate of drug-likeness (QED) is 0.590. The number of hydrazine groups is 1. The van der Waals surface area contributed by atoms with Crippen LogP contribution >= 0.6 is 23.6 Å². The van der Waals surface area contributed by atoms with Crippen LogP contribution in [0.1, 0.15) is 10.7 Å². The Kier molecular flexibility index (Phi) is 5.34. The number of carbonyl (C=O) groups is 1. The molecule has 3 N–H and O–H groups in total. The first-order chi connectivity index (χ1) is 10.4. The van der Waals surface area contributed by atoms with E-state index in [-0.39, 0.29) is 23.1 Å². The lowest BCUT2D eigenvalue weighted by Gasteiger charge is -2.11. The minimum Gasteiger partial charge on any atom is -0.329 e. The average Bonchev–Trinajstić information content (AvgIpc) is 2.85. The number of benzene rings is 1. The van der Waals surface area contributed by atoms with E-state index in [0.717, 1.165) is 17.1 Å². The van der Waals surface area contributed by atoms with E-state index in [4.69, 9.17) is 12.2 Å². The number of nitrogens with zero attached hydrogens (tertiary/aromatic N) is 1. The number of aryl methyl sites for hydroxylation is 1. The Morgan fingerprint density at radius 3 is 2.77 bits per heavy atom. The molecule has 0 aliphatic rings. The van der Waals surface area contributed by atoms with Gasteiger partial charge in [0.1, 0.15) is 11.6 Å². The number of thiocarbonyl (C=S) groups is 1. The summed E-state index contributed by atoms with van der Waals surface area (Å²) in [5.41, 5.74) is 5.46. The van der Waals surface area contributed by atoms with Crippen molar-refractivity contribution in [1.82, 2.24) is 15.8 Å². The third-order valence-electron chi connectivity index (χ3n) is 2.50. The Bertz CT molecular complexity index is 705. The zero-order valence-corrected chi connectivity index (χ0v) is 13.1. The molecule has 1 heterocycles. The van der Waals surface area contributed by atoms with Gasteiger partial charge in [-0.2, -0.15) is 0 Å². The summed E-state index contributed by atoms with van der Waals surface area (Å²) in [6, 6.07) is 3.03. The van der Waals surface area contributed by atoms with E-state index < -0.39 is 11.6 Å². The Morgan fingerprint density at radius 2 is 2.14 bits per heavy atom. The van der Waals surface area contributed by atoms with Gasteiger partial charge in [0.25, 0.3) is 0 Å². The number of hydrogen-bond donors (Lipinski definition) is 3. The lowest BCUT2D eigenvalue weighted by molar-refractivity contribution is -0.121. The second-order valence-corrected chi connectivity index (χ2v) is 5.76. The first-order valence-corrected chi connectivity index (χ1v) is 7.44. The number of amides is 1. The normalized spacial score (nSPS) is 10.1. The topological polar surface area (TPSA) is 66.0 Å². The first-order valence-electron chi connectivity index (χ1n) is 6.16. The van der Waals surface area contributed by atoms with Crippen molar-refractivity contribution < 1.29 is 13.6 Å². The van der Waals surface area contributed by atoms with Gasteiger partial charge in [0.15, 0.2) is 5.11 Å². The molecule has 0 saturated carbocycles. The number of rotatable bonds is 3. The highest BCUT2D eigenvalue weighted by Crippen LogP contribution is 2.14. The molecule has 0 fully saturated rings. The molecule has 0 spiro atoms. The molecule has 0 bridgehead atoms. The number of carbonyl (C=O) groups excluding carboxylic acids is 1. The van der Waals surface area contributed by atoms with E-state index in [1.807, 2.05) is 6.92 Å². The van der Waals surface area contributed by atoms with Gasteiger partial charge in [0.05, 0.1) is 22.8 Å². The zero-order valence-electron chi connectivity index (χ0n) is 11.4. The van der Waals surface area contributed by atoms with Crippen molar-refractivity contribution in [3.8, 4) is 0 Å². The summed E-state index contributed by atoms with van der Waals surface area (Å²) in [7, 11) is 0. The lowest BCUT2D eigenvalue weighted by Crippen LogP contribution is -2.44. The lowest BCUT2D eigenvalue weighted by atomic mass is 10.3. The van der Waals surface area contributed by atoms with Crippen molar-refractivity contribution in [2.75, 3.05) is 5.32 Å². The number of halogens is 2. The molecule has 22 heavy (non-hydrogen) atoms. The minimum absolute atomic E-state index is 0.00303. The smallest absolute Gasteiger partial charge is 0.244 e. The molecule has 9 heteroatoms. The Labute approximate surface area is 134 Å². The summed E-state index contributed by atoms with van der Waals surface area (Å²) in [6.45, 7) is 1.85. The van der Waals surface area contributed by atoms with E-state index in [9.17, 15) is 13.6 Å². The van der Waals surface area contributed by atoms with E-state index in [1.54, 1.807) is 5.38 Å². The van der Waals surface area contributed by atoms with E-state index in [2.05, 4.69) is 21.2 Å². The van der Waals surface area contributed by atoms with Gasteiger partial charge < -0.3 is 5.32 Å². The van der Waals surface area contributed by atoms with Gasteiger partial charge >= 0.3 is 0 Å². The highest BCUT2D eigenvalue weighted by Gasteiger charge is 2.08. The van der Waals surface area contributed by atoms with Gasteiger partial charge in [0.2, 0.25) is 5.91 Å². The fraction of sp³-hybridized carbons (Fsp3) is 0.154. The van der Waals surface area contributed by atoms with Gasteiger partial charge in [-0.15, -0.1) is 11.3 Å². The van der Waals surface area contributed by atoms with E-state index in [1.165, 1.54) is 17.4 Å². The van der Waals surface area contributed by atoms with Crippen LogP contribution in [0.5, 0.6) is 0 Å². The van der Waals surface area contributed by atoms with Crippen molar-refractivity contribution in [1.29, 1.82) is 0 Å². The number of aromatic nitrogens is 1. The summed E-state index contributed by atoms with van der Waals surface area (Å²) in [6.07, 6.45) is 0.102. The molecule has 5 nitrogen and oxygen atoms in total. The van der Waals surface area contributed by atoms with E-state index in [0.29, 0.717) is 5.69 Å². The molecule has 2 rings (SSSR count). The van der Waals surface area contributed by atoms with Crippen LogP contribution in [0.15, 0.2) is 23.6 Å². The first kappa shape index (κ1) is 16.2. The Morgan fingerprint density at radius 1 is 1.36 bits per heavy atom. The highest BCUT2D eigenvalue weighted by atomic mass is 32.1. The summed E-state index contributed by atoms with van der Waals surface area (Å²) in [5.74, 6) is -1.81. The Balaban J connectivity index is 1.81. The molecule has 116 valence electrons. The van der Waals surface area contributed by atoms with Crippen LogP contribution in [-0.2, 0) is 11.2 Å². The van der Waals surface area contributed by atoms with Crippen LogP contribution in [0.2, 0.25) is 0 Å². The molecule has 0 unspecified atom stereocenters. The summed E-state index contributed by atoms with van der Waals surface area (Å²) < 4.78 is 26.2. The van der Waals surface area contributed by atoms with Crippen molar-refractivity contribution >= 4 is 40.3 Å². The number of thiazole rings is 1. The van der Waals surface area contributed by atoms with Gasteiger partial charge in [-0.05, 0) is 31.3 Å². The molecule has 0 aliphatic heterocycles. The summed E-state index contributed by atoms with van der Waals surface area (Å²) in [5, 5.41) is 5.16. The van der Waals surface area contributed by atoms with Crippen LogP contribution in [0, 0.1) is 18.6 Å². The zero-order chi connectivity index (χ0) is 16.1. The molecule has 1 aromatic carbocycles. The third-order valence-corrected chi connectivity index (χ3v) is 3.53. The predicted octanol–water partition coefficient (Wildman–Crippen LogP) is 2.29. The number of hydrogen-bond acceptors (Lipinski definition) is 4. The Hall–Kier alpha value is -2.13. The molecule has 1 aromatic heterocycles. The van der Waals surface area contributed by atoms with Crippen LogP contribution in [-0.4, -0.2) is 16.0 Å². The van der Waals surface area contributed by atoms with Gasteiger partial charge in [-0.25, -0.2) is 13.8 Å². The van der Waals surface area contributed by atoms with Gasteiger partial charge in [0, 0.05) is 11.4 Å². The SMILES string of the molecule is Cc1nc(CC(=O)NNC(=S)Nc2ccc(F)cc2F)cs1. The molecule has 0 atom stereocenters. The van der Waals surface area contributed by atoms with Gasteiger partial charge in [-0.3, -0.25) is 15.6 Å². The minimum atomic E-state index is -0.784. The number of nitrogens with one attached hydrogen (secondary N) is 3. The summed E-state index contributed by atoms with van der Waals surface area (Å²) >= 11 is 6.36.